The molecule has 0 spiro atoms. The first-order valence-corrected chi connectivity index (χ1v) is 6.53. The summed E-state index contributed by atoms with van der Waals surface area (Å²) in [5, 5.41) is 11.7. The molecule has 0 heterocycles. The van der Waals surface area contributed by atoms with Gasteiger partial charge in [-0.3, -0.25) is 0 Å². The van der Waals surface area contributed by atoms with Crippen molar-refractivity contribution in [2.45, 2.75) is 25.4 Å². The van der Waals surface area contributed by atoms with E-state index < -0.39 is 23.3 Å². The molecule has 0 aliphatic rings. The average Bonchev–Trinajstić information content (AvgIpc) is 2.41. The molecule has 0 aliphatic heterocycles. The lowest BCUT2D eigenvalue weighted by Crippen LogP contribution is -2.14. The van der Waals surface area contributed by atoms with E-state index in [-0.39, 0.29) is 5.69 Å². The molecule has 21 heavy (non-hydrogen) atoms. The van der Waals surface area contributed by atoms with Crippen LogP contribution in [0.1, 0.15) is 35.2 Å². The van der Waals surface area contributed by atoms with E-state index in [2.05, 4.69) is 5.32 Å². The first-order chi connectivity index (χ1) is 9.86. The fourth-order valence-corrected chi connectivity index (χ4v) is 1.86. The monoisotopic (exact) mass is 305 g/mol. The molecule has 1 aromatic carbocycles. The maximum absolute atomic E-state index is 12.8. The number of carbonyl (C=O) groups is 1. The number of halogens is 3. The Hall–Kier alpha value is -1.76. The van der Waals surface area contributed by atoms with Gasteiger partial charge in [0.15, 0.2) is 0 Å². The highest BCUT2D eigenvalue weighted by molar-refractivity contribution is 5.90. The summed E-state index contributed by atoms with van der Waals surface area (Å²) in [5.74, 6) is -1.59. The van der Waals surface area contributed by atoms with Crippen LogP contribution in [0.15, 0.2) is 18.2 Å². The number of nitrogens with one attached hydrogen (secondary N) is 1. The van der Waals surface area contributed by atoms with Gasteiger partial charge in [0.2, 0.25) is 0 Å². The van der Waals surface area contributed by atoms with E-state index in [1.807, 2.05) is 0 Å². The summed E-state index contributed by atoms with van der Waals surface area (Å²) in [6.45, 7) is 1.18. The summed E-state index contributed by atoms with van der Waals surface area (Å²) in [4.78, 5) is 10.8. The van der Waals surface area contributed by atoms with Crippen LogP contribution in [-0.2, 0) is 10.9 Å². The van der Waals surface area contributed by atoms with Gasteiger partial charge in [0.25, 0.3) is 0 Å². The zero-order chi connectivity index (χ0) is 15.9. The Morgan fingerprint density at radius 3 is 2.57 bits per heavy atom. The van der Waals surface area contributed by atoms with Crippen LogP contribution in [0.25, 0.3) is 0 Å². The molecular weight excluding hydrogens is 287 g/mol. The molecule has 0 saturated carbocycles. The fourth-order valence-electron chi connectivity index (χ4n) is 1.86. The van der Waals surface area contributed by atoms with E-state index in [0.29, 0.717) is 13.2 Å². The standard InChI is InChI=1S/C14H18F3NO3/c1-21-8-4-2-3-7-18-10-5-6-11(13(19)20)12(9-10)14(15,16)17/h5-6,9,18H,2-4,7-8H2,1H3,(H,19,20). The predicted octanol–water partition coefficient (Wildman–Crippen LogP) is 3.63. The van der Waals surface area contributed by atoms with E-state index in [4.69, 9.17) is 9.84 Å². The van der Waals surface area contributed by atoms with E-state index in [1.54, 1.807) is 7.11 Å². The second kappa shape index (κ2) is 7.87. The zero-order valence-corrected chi connectivity index (χ0v) is 11.7. The topological polar surface area (TPSA) is 58.6 Å². The van der Waals surface area contributed by atoms with E-state index >= 15 is 0 Å². The number of ether oxygens (including phenoxy) is 1. The molecule has 2 N–H and O–H groups in total. The Balaban J connectivity index is 2.66. The molecule has 0 radical (unpaired) electrons. The number of benzene rings is 1. The van der Waals surface area contributed by atoms with Crippen LogP contribution >= 0.6 is 0 Å². The molecule has 0 saturated heterocycles. The smallest absolute Gasteiger partial charge is 0.417 e. The van der Waals surface area contributed by atoms with Gasteiger partial charge in [-0.25, -0.2) is 4.79 Å². The van der Waals surface area contributed by atoms with Gasteiger partial charge in [-0.2, -0.15) is 13.2 Å². The Morgan fingerprint density at radius 2 is 2.00 bits per heavy atom. The molecular formula is C14H18F3NO3. The number of unbranched alkanes of at least 4 members (excludes halogenated alkanes) is 2. The van der Waals surface area contributed by atoms with Crippen LogP contribution in [-0.4, -0.2) is 31.3 Å². The van der Waals surface area contributed by atoms with Crippen LogP contribution in [0.3, 0.4) is 0 Å². The molecule has 0 bridgehead atoms. The number of hydrogen-bond donors (Lipinski definition) is 2. The second-order valence-corrected chi connectivity index (χ2v) is 4.54. The molecule has 0 unspecified atom stereocenters. The predicted molar refractivity (Wildman–Crippen MR) is 72.6 cm³/mol. The third-order valence-electron chi connectivity index (χ3n) is 2.91. The first kappa shape index (κ1) is 17.3. The highest BCUT2D eigenvalue weighted by atomic mass is 19.4. The van der Waals surface area contributed by atoms with Gasteiger partial charge in [0.05, 0.1) is 11.1 Å². The highest BCUT2D eigenvalue weighted by Crippen LogP contribution is 2.33. The van der Waals surface area contributed by atoms with Crippen molar-refractivity contribution in [2.75, 3.05) is 25.6 Å². The Morgan fingerprint density at radius 1 is 1.29 bits per heavy atom. The fraction of sp³-hybridized carbons (Fsp3) is 0.500. The molecule has 0 aliphatic carbocycles. The van der Waals surface area contributed by atoms with Gasteiger partial charge in [0.1, 0.15) is 0 Å². The Bertz CT molecular complexity index is 475. The van der Waals surface area contributed by atoms with Gasteiger partial charge in [-0.05, 0) is 37.5 Å². The van der Waals surface area contributed by atoms with Crippen LogP contribution in [0, 0.1) is 0 Å². The maximum Gasteiger partial charge on any atom is 0.417 e. The third kappa shape index (κ3) is 5.63. The lowest BCUT2D eigenvalue weighted by molar-refractivity contribution is -0.138. The second-order valence-electron chi connectivity index (χ2n) is 4.54. The normalized spacial score (nSPS) is 11.4. The van der Waals surface area contributed by atoms with Crippen molar-refractivity contribution in [3.8, 4) is 0 Å². The first-order valence-electron chi connectivity index (χ1n) is 6.53. The van der Waals surface area contributed by atoms with Crippen molar-refractivity contribution in [3.05, 3.63) is 29.3 Å². The van der Waals surface area contributed by atoms with Crippen LogP contribution < -0.4 is 5.32 Å². The minimum absolute atomic E-state index is 0.263. The Kier molecular flexibility index (Phi) is 6.48. The number of methoxy groups -OCH3 is 1. The summed E-state index contributed by atoms with van der Waals surface area (Å²) in [6.07, 6.45) is -2.10. The molecule has 7 heteroatoms. The number of hydrogen-bond acceptors (Lipinski definition) is 3. The van der Waals surface area contributed by atoms with Gasteiger partial charge in [0, 0.05) is 25.9 Å². The number of carboxylic acid groups (broad SMARTS) is 1. The molecule has 118 valence electrons. The zero-order valence-electron chi connectivity index (χ0n) is 11.7. The van der Waals surface area contributed by atoms with Gasteiger partial charge in [-0.1, -0.05) is 0 Å². The average molecular weight is 305 g/mol. The lowest BCUT2D eigenvalue weighted by Gasteiger charge is -2.13. The molecule has 0 amide bonds. The lowest BCUT2D eigenvalue weighted by atomic mass is 10.1. The van der Waals surface area contributed by atoms with Gasteiger partial charge >= 0.3 is 12.1 Å². The minimum Gasteiger partial charge on any atom is -0.478 e. The minimum atomic E-state index is -4.69. The number of rotatable bonds is 8. The quantitative estimate of drug-likeness (QED) is 0.720. The number of carboxylic acids is 1. The number of aromatic carboxylic acids is 1. The molecule has 1 aromatic rings. The summed E-state index contributed by atoms with van der Waals surface area (Å²) in [6, 6.07) is 3.14. The van der Waals surface area contributed by atoms with Crippen molar-refractivity contribution in [3.63, 3.8) is 0 Å². The SMILES string of the molecule is COCCCCCNc1ccc(C(=O)O)c(C(F)(F)F)c1. The summed E-state index contributed by atoms with van der Waals surface area (Å²) in [7, 11) is 1.61. The third-order valence-corrected chi connectivity index (χ3v) is 2.91. The van der Waals surface area contributed by atoms with Crippen molar-refractivity contribution in [1.82, 2.24) is 0 Å². The molecule has 1 rings (SSSR count). The number of alkyl halides is 3. The largest absolute Gasteiger partial charge is 0.478 e. The maximum atomic E-state index is 12.8. The molecule has 0 aromatic heterocycles. The van der Waals surface area contributed by atoms with Crippen LogP contribution in [0.2, 0.25) is 0 Å². The van der Waals surface area contributed by atoms with Crippen LogP contribution in [0.4, 0.5) is 18.9 Å². The summed E-state index contributed by atoms with van der Waals surface area (Å²) < 4.78 is 43.3. The Labute approximate surface area is 120 Å². The van der Waals surface area contributed by atoms with E-state index in [9.17, 15) is 18.0 Å². The van der Waals surface area contributed by atoms with E-state index in [1.165, 1.54) is 6.07 Å². The van der Waals surface area contributed by atoms with Gasteiger partial charge < -0.3 is 15.2 Å². The number of anilines is 1. The molecule has 4 nitrogen and oxygen atoms in total. The van der Waals surface area contributed by atoms with Crippen molar-refractivity contribution in [2.24, 2.45) is 0 Å². The van der Waals surface area contributed by atoms with Crippen LogP contribution in [0.5, 0.6) is 0 Å². The summed E-state index contributed by atoms with van der Waals surface area (Å²) in [5.41, 5.74) is -1.62. The van der Waals surface area contributed by atoms with Gasteiger partial charge in [-0.15, -0.1) is 0 Å². The van der Waals surface area contributed by atoms with Crippen molar-refractivity contribution >= 4 is 11.7 Å². The van der Waals surface area contributed by atoms with Crippen molar-refractivity contribution in [1.29, 1.82) is 0 Å². The highest BCUT2D eigenvalue weighted by Gasteiger charge is 2.35. The molecule has 0 atom stereocenters. The molecule has 0 fully saturated rings. The summed E-state index contributed by atoms with van der Waals surface area (Å²) >= 11 is 0. The van der Waals surface area contributed by atoms with Crippen molar-refractivity contribution < 1.29 is 27.8 Å². The van der Waals surface area contributed by atoms with E-state index in [0.717, 1.165) is 31.4 Å².